The molecule has 0 atom stereocenters. The Hall–Kier alpha value is -2.21. The van der Waals surface area contributed by atoms with Gasteiger partial charge in [-0.05, 0) is 18.4 Å². The molecule has 20 heavy (non-hydrogen) atoms. The van der Waals surface area contributed by atoms with Crippen molar-refractivity contribution in [3.63, 3.8) is 0 Å². The average molecular weight is 274 g/mol. The minimum atomic E-state index is -0.500. The maximum absolute atomic E-state index is 12.3. The SMILES string of the molecule is CC(C)CCn1nc(C(=O)NN)c2ccccc2c1=O. The zero-order valence-corrected chi connectivity index (χ0v) is 11.6. The Kier molecular flexibility index (Phi) is 4.14. The minimum Gasteiger partial charge on any atom is -0.289 e. The van der Waals surface area contributed by atoms with Crippen LogP contribution < -0.4 is 16.8 Å². The second-order valence-corrected chi connectivity index (χ2v) is 5.08. The predicted molar refractivity (Wildman–Crippen MR) is 77.1 cm³/mol. The van der Waals surface area contributed by atoms with Crippen LogP contribution in [0.3, 0.4) is 0 Å². The van der Waals surface area contributed by atoms with E-state index in [4.69, 9.17) is 5.84 Å². The topological polar surface area (TPSA) is 90.0 Å². The van der Waals surface area contributed by atoms with Gasteiger partial charge in [0.25, 0.3) is 11.5 Å². The Morgan fingerprint density at radius 2 is 2.00 bits per heavy atom. The molecule has 1 aromatic carbocycles. The number of hydrogen-bond donors (Lipinski definition) is 2. The monoisotopic (exact) mass is 274 g/mol. The molecule has 0 radical (unpaired) electrons. The van der Waals surface area contributed by atoms with E-state index >= 15 is 0 Å². The van der Waals surface area contributed by atoms with Gasteiger partial charge in [-0.25, -0.2) is 10.5 Å². The number of rotatable bonds is 4. The first-order valence-electron chi connectivity index (χ1n) is 6.55. The van der Waals surface area contributed by atoms with Crippen molar-refractivity contribution < 1.29 is 4.79 Å². The first-order valence-corrected chi connectivity index (χ1v) is 6.55. The van der Waals surface area contributed by atoms with Gasteiger partial charge in [0.15, 0.2) is 5.69 Å². The second kappa shape index (κ2) is 5.83. The van der Waals surface area contributed by atoms with Crippen molar-refractivity contribution >= 4 is 16.7 Å². The van der Waals surface area contributed by atoms with Gasteiger partial charge in [-0.1, -0.05) is 32.0 Å². The molecule has 0 aliphatic rings. The van der Waals surface area contributed by atoms with E-state index in [2.05, 4.69) is 24.4 Å². The number of nitrogen functional groups attached to an aromatic ring is 1. The number of hydrazine groups is 1. The van der Waals surface area contributed by atoms with E-state index in [1.807, 2.05) is 0 Å². The molecule has 106 valence electrons. The van der Waals surface area contributed by atoms with Crippen LogP contribution in [0.4, 0.5) is 0 Å². The molecular formula is C14H18N4O2. The van der Waals surface area contributed by atoms with E-state index in [1.54, 1.807) is 24.3 Å². The van der Waals surface area contributed by atoms with Gasteiger partial charge in [-0.3, -0.25) is 15.0 Å². The standard InChI is InChI=1S/C14H18N4O2/c1-9(2)7-8-18-14(20)11-6-4-3-5-10(11)12(17-18)13(19)16-15/h3-6,9H,7-8,15H2,1-2H3,(H,16,19). The summed E-state index contributed by atoms with van der Waals surface area (Å²) in [7, 11) is 0. The van der Waals surface area contributed by atoms with Crippen LogP contribution in [0.5, 0.6) is 0 Å². The molecule has 1 heterocycles. The van der Waals surface area contributed by atoms with Gasteiger partial charge in [0.05, 0.1) is 5.39 Å². The van der Waals surface area contributed by atoms with E-state index in [0.717, 1.165) is 6.42 Å². The number of hydrogen-bond acceptors (Lipinski definition) is 4. The minimum absolute atomic E-state index is 0.173. The van der Waals surface area contributed by atoms with E-state index in [-0.39, 0.29) is 11.3 Å². The Balaban J connectivity index is 2.62. The number of aryl methyl sites for hydroxylation is 1. The fourth-order valence-corrected chi connectivity index (χ4v) is 2.00. The van der Waals surface area contributed by atoms with Crippen LogP contribution >= 0.6 is 0 Å². The Labute approximate surface area is 116 Å². The van der Waals surface area contributed by atoms with Crippen LogP contribution in [0.25, 0.3) is 10.8 Å². The quantitative estimate of drug-likeness (QED) is 0.495. The van der Waals surface area contributed by atoms with Gasteiger partial charge in [-0.15, -0.1) is 0 Å². The Morgan fingerprint density at radius 3 is 2.60 bits per heavy atom. The summed E-state index contributed by atoms with van der Waals surface area (Å²) in [5.41, 5.74) is 2.06. The lowest BCUT2D eigenvalue weighted by molar-refractivity contribution is 0.0948. The highest BCUT2D eigenvalue weighted by Gasteiger charge is 2.15. The van der Waals surface area contributed by atoms with Crippen LogP contribution in [0.1, 0.15) is 30.8 Å². The van der Waals surface area contributed by atoms with Gasteiger partial charge in [-0.2, -0.15) is 5.10 Å². The van der Waals surface area contributed by atoms with Crippen LogP contribution in [-0.4, -0.2) is 15.7 Å². The van der Waals surface area contributed by atoms with E-state index in [0.29, 0.717) is 23.2 Å². The van der Waals surface area contributed by atoms with Crippen molar-refractivity contribution in [1.29, 1.82) is 0 Å². The lowest BCUT2D eigenvalue weighted by atomic mass is 10.1. The number of nitrogens with two attached hydrogens (primary N) is 1. The normalized spacial score (nSPS) is 11.0. The van der Waals surface area contributed by atoms with Crippen LogP contribution in [0.15, 0.2) is 29.1 Å². The van der Waals surface area contributed by atoms with Crippen LogP contribution in [0, 0.1) is 5.92 Å². The summed E-state index contributed by atoms with van der Waals surface area (Å²) in [6, 6.07) is 6.91. The first-order chi connectivity index (χ1) is 9.54. The first kappa shape index (κ1) is 14.2. The summed E-state index contributed by atoms with van der Waals surface area (Å²) in [5, 5.41) is 5.15. The number of amides is 1. The van der Waals surface area contributed by atoms with Crippen molar-refractivity contribution in [3.05, 3.63) is 40.3 Å². The van der Waals surface area contributed by atoms with Crippen molar-refractivity contribution in [3.8, 4) is 0 Å². The molecule has 0 unspecified atom stereocenters. The number of nitrogens with zero attached hydrogens (tertiary/aromatic N) is 2. The smallest absolute Gasteiger partial charge is 0.286 e. The molecule has 0 saturated carbocycles. The van der Waals surface area contributed by atoms with E-state index in [9.17, 15) is 9.59 Å². The summed E-state index contributed by atoms with van der Waals surface area (Å²) in [5.74, 6) is 5.12. The van der Waals surface area contributed by atoms with Crippen molar-refractivity contribution in [2.24, 2.45) is 11.8 Å². The maximum Gasteiger partial charge on any atom is 0.286 e. The van der Waals surface area contributed by atoms with Gasteiger partial charge in [0.2, 0.25) is 0 Å². The number of nitrogens with one attached hydrogen (secondary N) is 1. The molecule has 0 aliphatic heterocycles. The van der Waals surface area contributed by atoms with Gasteiger partial charge in [0, 0.05) is 11.9 Å². The van der Waals surface area contributed by atoms with Crippen LogP contribution in [0.2, 0.25) is 0 Å². The zero-order valence-electron chi connectivity index (χ0n) is 11.6. The molecule has 0 aliphatic carbocycles. The molecule has 1 aromatic heterocycles. The molecule has 6 heteroatoms. The largest absolute Gasteiger partial charge is 0.289 e. The summed E-state index contributed by atoms with van der Waals surface area (Å²) in [6.07, 6.45) is 0.814. The number of aromatic nitrogens is 2. The van der Waals surface area contributed by atoms with Crippen molar-refractivity contribution in [1.82, 2.24) is 15.2 Å². The Morgan fingerprint density at radius 1 is 1.35 bits per heavy atom. The highest BCUT2D eigenvalue weighted by atomic mass is 16.2. The summed E-state index contributed by atoms with van der Waals surface area (Å²) in [4.78, 5) is 24.2. The van der Waals surface area contributed by atoms with E-state index in [1.165, 1.54) is 4.68 Å². The highest BCUT2D eigenvalue weighted by Crippen LogP contribution is 2.13. The van der Waals surface area contributed by atoms with Gasteiger partial charge < -0.3 is 0 Å². The average Bonchev–Trinajstić information content (AvgIpc) is 2.46. The number of benzene rings is 1. The molecular weight excluding hydrogens is 256 g/mol. The molecule has 0 fully saturated rings. The number of carbonyl (C=O) groups excluding carboxylic acids is 1. The molecule has 3 N–H and O–H groups in total. The van der Waals surface area contributed by atoms with Crippen molar-refractivity contribution in [2.45, 2.75) is 26.8 Å². The molecule has 0 spiro atoms. The van der Waals surface area contributed by atoms with E-state index < -0.39 is 5.91 Å². The fourth-order valence-electron chi connectivity index (χ4n) is 2.00. The molecule has 0 saturated heterocycles. The number of fused-ring (bicyclic) bond motifs is 1. The second-order valence-electron chi connectivity index (χ2n) is 5.08. The third-order valence-electron chi connectivity index (χ3n) is 3.13. The van der Waals surface area contributed by atoms with Crippen LogP contribution in [-0.2, 0) is 6.54 Å². The number of carbonyl (C=O) groups is 1. The molecule has 2 aromatic rings. The van der Waals surface area contributed by atoms with Gasteiger partial charge in [0.1, 0.15) is 0 Å². The molecule has 6 nitrogen and oxygen atoms in total. The summed E-state index contributed by atoms with van der Waals surface area (Å²) in [6.45, 7) is 4.62. The highest BCUT2D eigenvalue weighted by molar-refractivity contribution is 6.04. The van der Waals surface area contributed by atoms with Crippen molar-refractivity contribution in [2.75, 3.05) is 0 Å². The third-order valence-corrected chi connectivity index (χ3v) is 3.13. The fraction of sp³-hybridized carbons (Fsp3) is 0.357. The molecule has 1 amide bonds. The molecule has 0 bridgehead atoms. The summed E-state index contributed by atoms with van der Waals surface area (Å²) >= 11 is 0. The lowest BCUT2D eigenvalue weighted by Gasteiger charge is -2.11. The maximum atomic E-state index is 12.3. The predicted octanol–water partition coefficient (Wildman–Crippen LogP) is 1.05. The molecule has 2 rings (SSSR count). The zero-order chi connectivity index (χ0) is 14.7. The Bertz CT molecular complexity index is 691. The lowest BCUT2D eigenvalue weighted by Crippen LogP contribution is -2.34. The summed E-state index contributed by atoms with van der Waals surface area (Å²) < 4.78 is 1.34. The van der Waals surface area contributed by atoms with Gasteiger partial charge >= 0.3 is 0 Å². The third kappa shape index (κ3) is 2.70.